The fraction of sp³-hybridized carbons (Fsp3) is 0.471. The number of hydrogen-bond donors (Lipinski definition) is 0. The maximum atomic E-state index is 12.6. The van der Waals surface area contributed by atoms with Gasteiger partial charge in [-0.05, 0) is 30.0 Å². The van der Waals surface area contributed by atoms with Crippen LogP contribution in [0.3, 0.4) is 0 Å². The van der Waals surface area contributed by atoms with Gasteiger partial charge in [-0.15, -0.1) is 0 Å². The van der Waals surface area contributed by atoms with Crippen LogP contribution in [-0.4, -0.2) is 26.7 Å². The van der Waals surface area contributed by atoms with Crippen LogP contribution < -0.4 is 0 Å². The van der Waals surface area contributed by atoms with Crippen LogP contribution in [0, 0.1) is 5.92 Å². The summed E-state index contributed by atoms with van der Waals surface area (Å²) in [6, 6.07) is 3.81. The van der Waals surface area contributed by atoms with E-state index < -0.39 is 0 Å². The van der Waals surface area contributed by atoms with Crippen molar-refractivity contribution in [1.29, 1.82) is 0 Å². The third kappa shape index (κ3) is 4.40. The molecule has 3 nitrogen and oxygen atoms in total. The fourth-order valence-corrected chi connectivity index (χ4v) is 3.72. The highest BCUT2D eigenvalue weighted by Gasteiger charge is 2.33. The number of amides is 1. The van der Waals surface area contributed by atoms with Crippen molar-refractivity contribution in [3.05, 3.63) is 35.0 Å². The number of carbonyl (C=O) groups excluding carboxylic acids is 1. The predicted molar refractivity (Wildman–Crippen MR) is 97.4 cm³/mol. The molecule has 2 rings (SSSR count). The number of pyridine rings is 1. The second-order valence-electron chi connectivity index (χ2n) is 5.50. The minimum Gasteiger partial charge on any atom is -0.293 e. The van der Waals surface area contributed by atoms with Gasteiger partial charge in [0.2, 0.25) is 0 Å². The first-order valence-electron chi connectivity index (χ1n) is 7.81. The van der Waals surface area contributed by atoms with Crippen molar-refractivity contribution in [2.24, 2.45) is 5.92 Å². The zero-order valence-electron chi connectivity index (χ0n) is 13.1. The maximum Gasteiger partial charge on any atom is 0.266 e. The van der Waals surface area contributed by atoms with E-state index in [1.54, 1.807) is 17.3 Å². The van der Waals surface area contributed by atoms with Crippen molar-refractivity contribution in [2.45, 2.75) is 39.5 Å². The lowest BCUT2D eigenvalue weighted by Crippen LogP contribution is -2.33. The molecule has 0 N–H and O–H groups in total. The molecule has 1 aliphatic rings. The number of aromatic nitrogens is 1. The summed E-state index contributed by atoms with van der Waals surface area (Å²) >= 11 is 6.80. The molecule has 1 aromatic heterocycles. The molecule has 5 heteroatoms. The van der Waals surface area contributed by atoms with Crippen molar-refractivity contribution >= 4 is 40.3 Å². The van der Waals surface area contributed by atoms with E-state index in [4.69, 9.17) is 12.2 Å². The molecular formula is C17H22N2OS2. The Morgan fingerprint density at radius 1 is 1.45 bits per heavy atom. The van der Waals surface area contributed by atoms with Crippen LogP contribution in [0.15, 0.2) is 29.4 Å². The van der Waals surface area contributed by atoms with E-state index in [9.17, 15) is 4.79 Å². The summed E-state index contributed by atoms with van der Waals surface area (Å²) < 4.78 is 0.676. The second kappa shape index (κ2) is 8.44. The average Bonchev–Trinajstić information content (AvgIpc) is 2.79. The molecule has 22 heavy (non-hydrogen) atoms. The molecule has 0 bridgehead atoms. The van der Waals surface area contributed by atoms with Crippen molar-refractivity contribution in [2.75, 3.05) is 6.54 Å². The van der Waals surface area contributed by atoms with Crippen LogP contribution in [0.2, 0.25) is 0 Å². The smallest absolute Gasteiger partial charge is 0.266 e. The van der Waals surface area contributed by atoms with Crippen LogP contribution in [0.1, 0.15) is 45.1 Å². The zero-order valence-corrected chi connectivity index (χ0v) is 14.8. The van der Waals surface area contributed by atoms with Crippen molar-refractivity contribution in [3.8, 4) is 0 Å². The summed E-state index contributed by atoms with van der Waals surface area (Å²) in [5.41, 5.74) is 0.932. The highest BCUT2D eigenvalue weighted by molar-refractivity contribution is 8.26. The predicted octanol–water partition coefficient (Wildman–Crippen LogP) is 4.50. The molecule has 0 spiro atoms. The molecule has 0 radical (unpaired) electrons. The molecule has 1 saturated heterocycles. The van der Waals surface area contributed by atoms with Crippen LogP contribution in [0.4, 0.5) is 0 Å². The van der Waals surface area contributed by atoms with E-state index in [-0.39, 0.29) is 5.91 Å². The number of unbranched alkanes of at least 4 members (excludes halogenated alkanes) is 1. The Labute approximate surface area is 142 Å². The lowest BCUT2D eigenvalue weighted by molar-refractivity contribution is -0.122. The summed E-state index contributed by atoms with van der Waals surface area (Å²) in [5.74, 6) is 0.564. The number of thiocarbonyl (C=S) groups is 1. The topological polar surface area (TPSA) is 33.2 Å². The largest absolute Gasteiger partial charge is 0.293 e. The first-order valence-corrected chi connectivity index (χ1v) is 9.03. The highest BCUT2D eigenvalue weighted by Crippen LogP contribution is 2.33. The number of hydrogen-bond acceptors (Lipinski definition) is 4. The lowest BCUT2D eigenvalue weighted by Gasteiger charge is -2.21. The minimum atomic E-state index is 0.0359. The van der Waals surface area contributed by atoms with E-state index in [0.717, 1.165) is 24.9 Å². The van der Waals surface area contributed by atoms with Gasteiger partial charge in [-0.2, -0.15) is 0 Å². The molecular weight excluding hydrogens is 312 g/mol. The zero-order chi connectivity index (χ0) is 15.9. The second-order valence-corrected chi connectivity index (χ2v) is 7.17. The van der Waals surface area contributed by atoms with Crippen LogP contribution >= 0.6 is 24.0 Å². The maximum absolute atomic E-state index is 12.6. The first kappa shape index (κ1) is 17.2. The van der Waals surface area contributed by atoms with Gasteiger partial charge in [0, 0.05) is 18.9 Å². The molecule has 1 aliphatic heterocycles. The van der Waals surface area contributed by atoms with Crippen LogP contribution in [0.25, 0.3) is 6.08 Å². The Kier molecular flexibility index (Phi) is 6.58. The summed E-state index contributed by atoms with van der Waals surface area (Å²) in [5, 5.41) is 0. The summed E-state index contributed by atoms with van der Waals surface area (Å²) in [6.45, 7) is 5.12. The van der Waals surface area contributed by atoms with Gasteiger partial charge >= 0.3 is 0 Å². The normalized spacial score (nSPS) is 18.3. The van der Waals surface area contributed by atoms with E-state index in [0.29, 0.717) is 15.1 Å². The van der Waals surface area contributed by atoms with Crippen LogP contribution in [0.5, 0.6) is 0 Å². The van der Waals surface area contributed by atoms with Crippen molar-refractivity contribution in [3.63, 3.8) is 0 Å². The standard InChI is InChI=1S/C17H22N2OS2/c1-3-5-7-13(4-2)12-19-16(20)15(22-17(19)21)10-14-8-6-9-18-11-14/h6,8-11,13H,3-5,7,12H2,1-2H3/b15-10-/t13-/m1/s1. The Hall–Kier alpha value is -1.20. The van der Waals surface area contributed by atoms with Gasteiger partial charge in [0.05, 0.1) is 4.91 Å². The van der Waals surface area contributed by atoms with Gasteiger partial charge in [0.25, 0.3) is 5.91 Å². The molecule has 1 aromatic rings. The van der Waals surface area contributed by atoms with Gasteiger partial charge < -0.3 is 0 Å². The molecule has 0 aliphatic carbocycles. The number of nitrogens with zero attached hydrogens (tertiary/aromatic N) is 2. The first-order chi connectivity index (χ1) is 10.7. The summed E-state index contributed by atoms with van der Waals surface area (Å²) in [4.78, 5) is 19.1. The molecule has 0 aromatic carbocycles. The molecule has 118 valence electrons. The monoisotopic (exact) mass is 334 g/mol. The molecule has 0 unspecified atom stereocenters. The molecule has 1 atom stereocenters. The number of thioether (sulfide) groups is 1. The van der Waals surface area contributed by atoms with Gasteiger partial charge in [-0.1, -0.05) is 63.2 Å². The Balaban J connectivity index is 2.07. The van der Waals surface area contributed by atoms with Gasteiger partial charge in [-0.3, -0.25) is 14.7 Å². The third-order valence-electron chi connectivity index (χ3n) is 3.84. The minimum absolute atomic E-state index is 0.0359. The summed E-state index contributed by atoms with van der Waals surface area (Å²) in [6.07, 6.45) is 9.99. The van der Waals surface area contributed by atoms with E-state index in [1.165, 1.54) is 24.6 Å². The molecule has 2 heterocycles. The lowest BCUT2D eigenvalue weighted by atomic mass is 9.99. The highest BCUT2D eigenvalue weighted by atomic mass is 32.2. The van der Waals surface area contributed by atoms with Gasteiger partial charge in [-0.25, -0.2) is 0 Å². The molecule has 0 saturated carbocycles. The van der Waals surface area contributed by atoms with E-state index in [2.05, 4.69) is 18.8 Å². The summed E-state index contributed by atoms with van der Waals surface area (Å²) in [7, 11) is 0. The molecule has 1 amide bonds. The number of carbonyl (C=O) groups is 1. The third-order valence-corrected chi connectivity index (χ3v) is 5.22. The van der Waals surface area contributed by atoms with E-state index in [1.807, 2.05) is 18.2 Å². The van der Waals surface area contributed by atoms with Crippen molar-refractivity contribution in [1.82, 2.24) is 9.88 Å². The van der Waals surface area contributed by atoms with Gasteiger partial charge in [0.1, 0.15) is 4.32 Å². The Bertz CT molecular complexity index is 557. The van der Waals surface area contributed by atoms with E-state index >= 15 is 0 Å². The van der Waals surface area contributed by atoms with Crippen molar-refractivity contribution < 1.29 is 4.79 Å². The quantitative estimate of drug-likeness (QED) is 0.543. The SMILES string of the molecule is CCCC[C@@H](CC)CN1C(=O)/C(=C/c2cccnc2)SC1=S. The Morgan fingerprint density at radius 3 is 2.91 bits per heavy atom. The molecule has 1 fully saturated rings. The van der Waals surface area contributed by atoms with Crippen LogP contribution in [-0.2, 0) is 4.79 Å². The van der Waals surface area contributed by atoms with Gasteiger partial charge in [0.15, 0.2) is 0 Å². The average molecular weight is 335 g/mol. The fourth-order valence-electron chi connectivity index (χ4n) is 2.45. The Morgan fingerprint density at radius 2 is 2.27 bits per heavy atom. The number of rotatable bonds is 7.